The number of nitrogens with one attached hydrogen (secondary N) is 1. The second-order valence-electron chi connectivity index (χ2n) is 12.4. The highest BCUT2D eigenvalue weighted by Gasteiger charge is 2.43. The molecule has 2 heterocycles. The molecule has 4 atom stereocenters. The molecule has 0 saturated carbocycles. The fraction of sp³-hybridized carbons (Fsp3) is 0.618. The number of ether oxygens (including phenoxy) is 2. The summed E-state index contributed by atoms with van der Waals surface area (Å²) < 4.78 is 12.1. The number of carbonyl (C=O) groups is 1. The lowest BCUT2D eigenvalue weighted by Crippen LogP contribution is -2.51. The molecule has 0 aliphatic carbocycles. The predicted octanol–water partition coefficient (Wildman–Crippen LogP) is 5.11. The van der Waals surface area contributed by atoms with E-state index in [1.807, 2.05) is 26.0 Å². The van der Waals surface area contributed by atoms with Crippen LogP contribution in [0.15, 0.2) is 30.3 Å². The number of rotatable bonds is 13. The molecular weight excluding hydrogens is 514 g/mol. The fourth-order valence-corrected chi connectivity index (χ4v) is 6.77. The standard InChI is InChI=1S/C34H51N3O4/c1-8-36(7)18-27(19-38)20-40-32-14-13-31(24(4)25(32)5)26(6)37-29-11-12-30(37)17-28(16-29)35-34(39)21-41-33-15-22(2)9-10-23(33)3/h9-10,13-15,26-30,38H,8,11-12,16-21H2,1-7H3,(H,35,39)/t26?,27-,28?,29?,30?/m1/s1. The van der Waals surface area contributed by atoms with Crippen molar-refractivity contribution in [1.29, 1.82) is 0 Å². The number of carbonyl (C=O) groups excluding carboxylic acids is 1. The molecule has 2 aliphatic heterocycles. The Labute approximate surface area is 247 Å². The summed E-state index contributed by atoms with van der Waals surface area (Å²) in [7, 11) is 2.07. The quantitative estimate of drug-likeness (QED) is 0.352. The average molecular weight is 566 g/mol. The van der Waals surface area contributed by atoms with Crippen LogP contribution in [0.5, 0.6) is 11.5 Å². The van der Waals surface area contributed by atoms with E-state index in [1.165, 1.54) is 29.5 Å². The van der Waals surface area contributed by atoms with Crippen molar-refractivity contribution in [3.05, 3.63) is 58.1 Å². The first-order valence-corrected chi connectivity index (χ1v) is 15.4. The van der Waals surface area contributed by atoms with Crippen LogP contribution in [0.3, 0.4) is 0 Å². The summed E-state index contributed by atoms with van der Waals surface area (Å²) in [6.45, 7) is 15.3. The number of aliphatic hydroxyl groups is 1. The molecule has 2 aliphatic rings. The van der Waals surface area contributed by atoms with E-state index in [0.717, 1.165) is 48.6 Å². The molecule has 2 fully saturated rings. The molecule has 0 aromatic heterocycles. The largest absolute Gasteiger partial charge is 0.493 e. The minimum Gasteiger partial charge on any atom is -0.493 e. The van der Waals surface area contributed by atoms with Gasteiger partial charge in [0.2, 0.25) is 0 Å². The van der Waals surface area contributed by atoms with Gasteiger partial charge >= 0.3 is 0 Å². The number of amides is 1. The van der Waals surface area contributed by atoms with Crippen LogP contribution in [0.2, 0.25) is 0 Å². The summed E-state index contributed by atoms with van der Waals surface area (Å²) in [5.41, 5.74) is 5.97. The number of aryl methyl sites for hydroxylation is 2. The minimum atomic E-state index is -0.0383. The van der Waals surface area contributed by atoms with Crippen molar-refractivity contribution >= 4 is 5.91 Å². The van der Waals surface area contributed by atoms with Gasteiger partial charge in [-0.3, -0.25) is 9.69 Å². The number of benzene rings is 2. The van der Waals surface area contributed by atoms with Crippen molar-refractivity contribution in [2.75, 3.05) is 40.0 Å². The molecule has 2 N–H and O–H groups in total. The predicted molar refractivity (Wildman–Crippen MR) is 165 cm³/mol. The lowest BCUT2D eigenvalue weighted by molar-refractivity contribution is -0.124. The van der Waals surface area contributed by atoms with Crippen LogP contribution in [0.4, 0.5) is 0 Å². The van der Waals surface area contributed by atoms with Crippen molar-refractivity contribution in [1.82, 2.24) is 15.1 Å². The van der Waals surface area contributed by atoms with E-state index in [9.17, 15) is 9.90 Å². The Bertz CT molecular complexity index is 1170. The van der Waals surface area contributed by atoms with Gasteiger partial charge in [0, 0.05) is 36.6 Å². The van der Waals surface area contributed by atoms with Gasteiger partial charge in [0.1, 0.15) is 11.5 Å². The highest BCUT2D eigenvalue weighted by atomic mass is 16.5. The third-order valence-corrected chi connectivity index (χ3v) is 9.38. The maximum Gasteiger partial charge on any atom is 0.258 e. The first-order valence-electron chi connectivity index (χ1n) is 15.4. The monoisotopic (exact) mass is 565 g/mol. The topological polar surface area (TPSA) is 74.3 Å². The number of nitrogens with zero attached hydrogens (tertiary/aromatic N) is 2. The van der Waals surface area contributed by atoms with Crippen LogP contribution >= 0.6 is 0 Å². The third kappa shape index (κ3) is 7.62. The van der Waals surface area contributed by atoms with Gasteiger partial charge in [0.25, 0.3) is 5.91 Å². The average Bonchev–Trinajstić information content (AvgIpc) is 3.22. The van der Waals surface area contributed by atoms with E-state index in [2.05, 4.69) is 68.1 Å². The molecule has 2 aromatic rings. The summed E-state index contributed by atoms with van der Waals surface area (Å²) in [4.78, 5) is 17.7. The zero-order chi connectivity index (χ0) is 29.7. The molecule has 1 amide bonds. The molecule has 2 saturated heterocycles. The Morgan fingerprint density at radius 2 is 1.76 bits per heavy atom. The van der Waals surface area contributed by atoms with Crippen LogP contribution in [0.25, 0.3) is 0 Å². The molecule has 2 aromatic carbocycles. The maximum atomic E-state index is 12.8. The van der Waals surface area contributed by atoms with Crippen LogP contribution in [0.1, 0.15) is 73.4 Å². The molecule has 7 nitrogen and oxygen atoms in total. The first kappa shape index (κ1) is 31.3. The maximum absolute atomic E-state index is 12.8. The summed E-state index contributed by atoms with van der Waals surface area (Å²) in [6, 6.07) is 11.8. The summed E-state index contributed by atoms with van der Waals surface area (Å²) >= 11 is 0. The lowest BCUT2D eigenvalue weighted by Gasteiger charge is -2.43. The number of hydrogen-bond donors (Lipinski definition) is 2. The second-order valence-corrected chi connectivity index (χ2v) is 12.4. The van der Waals surface area contributed by atoms with Gasteiger partial charge in [-0.05, 0) is 114 Å². The lowest BCUT2D eigenvalue weighted by atomic mass is 9.91. The van der Waals surface area contributed by atoms with E-state index in [4.69, 9.17) is 9.47 Å². The summed E-state index contributed by atoms with van der Waals surface area (Å²) in [5.74, 6) is 1.74. The minimum absolute atomic E-state index is 0.0383. The Kier molecular flexibility index (Phi) is 10.7. The molecule has 2 bridgehead atoms. The van der Waals surface area contributed by atoms with Gasteiger partial charge in [-0.15, -0.1) is 0 Å². The van der Waals surface area contributed by atoms with Crippen molar-refractivity contribution in [3.8, 4) is 11.5 Å². The molecular formula is C34H51N3O4. The Balaban J connectivity index is 1.34. The highest BCUT2D eigenvalue weighted by molar-refractivity contribution is 5.78. The Hall–Kier alpha value is -2.61. The van der Waals surface area contributed by atoms with Gasteiger partial charge in [-0.1, -0.05) is 25.1 Å². The normalized spacial score (nSPS) is 22.0. The van der Waals surface area contributed by atoms with E-state index in [0.29, 0.717) is 24.7 Å². The molecule has 0 spiro atoms. The molecule has 7 heteroatoms. The van der Waals surface area contributed by atoms with Crippen LogP contribution < -0.4 is 14.8 Å². The van der Waals surface area contributed by atoms with Crippen LogP contribution in [0, 0.1) is 33.6 Å². The van der Waals surface area contributed by atoms with E-state index in [1.54, 1.807) is 0 Å². The van der Waals surface area contributed by atoms with E-state index < -0.39 is 0 Å². The van der Waals surface area contributed by atoms with Gasteiger partial charge in [0.15, 0.2) is 6.61 Å². The van der Waals surface area contributed by atoms with Gasteiger partial charge in [0.05, 0.1) is 13.2 Å². The zero-order valence-corrected chi connectivity index (χ0v) is 26.2. The zero-order valence-electron chi connectivity index (χ0n) is 26.2. The Morgan fingerprint density at radius 1 is 1.05 bits per heavy atom. The number of fused-ring (bicyclic) bond motifs is 2. The first-order chi connectivity index (χ1) is 19.6. The molecule has 0 radical (unpaired) electrons. The van der Waals surface area contributed by atoms with Gasteiger partial charge < -0.3 is 24.8 Å². The van der Waals surface area contributed by atoms with Crippen LogP contribution in [-0.4, -0.2) is 78.9 Å². The third-order valence-electron chi connectivity index (χ3n) is 9.38. The highest BCUT2D eigenvalue weighted by Crippen LogP contribution is 2.43. The summed E-state index contributed by atoms with van der Waals surface area (Å²) in [5, 5.41) is 13.1. The smallest absolute Gasteiger partial charge is 0.258 e. The van der Waals surface area contributed by atoms with Crippen molar-refractivity contribution < 1.29 is 19.4 Å². The van der Waals surface area contributed by atoms with Crippen molar-refractivity contribution in [2.45, 2.75) is 91.4 Å². The molecule has 226 valence electrons. The van der Waals surface area contributed by atoms with Gasteiger partial charge in [-0.2, -0.15) is 0 Å². The number of piperidine rings is 1. The Morgan fingerprint density at radius 3 is 2.41 bits per heavy atom. The van der Waals surface area contributed by atoms with Crippen molar-refractivity contribution in [3.63, 3.8) is 0 Å². The van der Waals surface area contributed by atoms with E-state index >= 15 is 0 Å². The fourth-order valence-electron chi connectivity index (χ4n) is 6.77. The second kappa shape index (κ2) is 14.0. The number of hydrogen-bond acceptors (Lipinski definition) is 6. The van der Waals surface area contributed by atoms with Crippen LogP contribution in [-0.2, 0) is 4.79 Å². The summed E-state index contributed by atoms with van der Waals surface area (Å²) in [6.07, 6.45) is 4.30. The number of aliphatic hydroxyl groups excluding tert-OH is 1. The van der Waals surface area contributed by atoms with Gasteiger partial charge in [-0.25, -0.2) is 0 Å². The SMILES string of the molecule is CCN(C)C[C@H](CO)COc1ccc(C(C)N2C3CCC2CC(NC(=O)COc2cc(C)ccc2C)C3)c(C)c1C. The van der Waals surface area contributed by atoms with Crippen molar-refractivity contribution in [2.24, 2.45) is 5.92 Å². The van der Waals surface area contributed by atoms with E-state index in [-0.39, 0.29) is 31.1 Å². The molecule has 4 rings (SSSR count). The molecule has 3 unspecified atom stereocenters. The molecule has 41 heavy (non-hydrogen) atoms.